The number of hydrogen-bond donors (Lipinski definition) is 2. The third-order valence-electron chi connectivity index (χ3n) is 1.84. The van der Waals surface area contributed by atoms with Crippen LogP contribution in [-0.2, 0) is 4.79 Å². The zero-order chi connectivity index (χ0) is 9.40. The van der Waals surface area contributed by atoms with Gasteiger partial charge in [-0.2, -0.15) is 0 Å². The van der Waals surface area contributed by atoms with Gasteiger partial charge in [-0.15, -0.1) is 0 Å². The zero-order valence-electron chi connectivity index (χ0n) is 7.97. The topological polar surface area (TPSA) is 49.3 Å². The molecule has 3 heteroatoms. The summed E-state index contributed by atoms with van der Waals surface area (Å²) in [5, 5.41) is 11.4. The van der Waals surface area contributed by atoms with Gasteiger partial charge in [0, 0.05) is 19.1 Å². The first kappa shape index (κ1) is 11.4. The quantitative estimate of drug-likeness (QED) is 0.587. The molecule has 0 saturated heterocycles. The summed E-state index contributed by atoms with van der Waals surface area (Å²) >= 11 is 0. The molecule has 0 rings (SSSR count). The summed E-state index contributed by atoms with van der Waals surface area (Å²) in [4.78, 5) is 11.2. The maximum Gasteiger partial charge on any atom is 0.222 e. The van der Waals surface area contributed by atoms with Crippen LogP contribution < -0.4 is 5.32 Å². The molecule has 0 fully saturated rings. The molecule has 0 aliphatic heterocycles. The van der Waals surface area contributed by atoms with E-state index in [1.165, 1.54) is 0 Å². The van der Waals surface area contributed by atoms with Crippen LogP contribution in [0.5, 0.6) is 0 Å². The number of carbonyl (C=O) groups is 1. The van der Waals surface area contributed by atoms with Gasteiger partial charge >= 0.3 is 0 Å². The molecule has 0 aromatic carbocycles. The molecule has 72 valence electrons. The summed E-state index contributed by atoms with van der Waals surface area (Å²) in [5.74, 6) is -0.00986. The van der Waals surface area contributed by atoms with E-state index in [4.69, 9.17) is 5.11 Å². The first-order valence-electron chi connectivity index (χ1n) is 4.61. The predicted octanol–water partition coefficient (Wildman–Crippen LogP) is 0.921. The fraction of sp³-hybridized carbons (Fsp3) is 0.889. The summed E-state index contributed by atoms with van der Waals surface area (Å²) in [6.45, 7) is 4.76. The van der Waals surface area contributed by atoms with E-state index in [1.807, 2.05) is 6.92 Å². The zero-order valence-corrected chi connectivity index (χ0v) is 7.97. The van der Waals surface area contributed by atoms with E-state index in [0.717, 1.165) is 19.4 Å². The Morgan fingerprint density at radius 1 is 1.58 bits per heavy atom. The fourth-order valence-corrected chi connectivity index (χ4v) is 0.887. The lowest BCUT2D eigenvalue weighted by Crippen LogP contribution is -2.30. The van der Waals surface area contributed by atoms with Gasteiger partial charge < -0.3 is 10.4 Å². The minimum absolute atomic E-state index is 0.0532. The molecule has 2 N–H and O–H groups in total. The highest BCUT2D eigenvalue weighted by molar-refractivity contribution is 5.78. The van der Waals surface area contributed by atoms with Crippen molar-refractivity contribution in [1.82, 2.24) is 5.32 Å². The van der Waals surface area contributed by atoms with Crippen molar-refractivity contribution in [1.29, 1.82) is 0 Å². The summed E-state index contributed by atoms with van der Waals surface area (Å²) in [7, 11) is 0. The molecule has 0 aliphatic carbocycles. The first-order valence-corrected chi connectivity index (χ1v) is 4.61. The molecule has 0 aromatic heterocycles. The number of aliphatic hydroxyl groups is 1. The van der Waals surface area contributed by atoms with Crippen LogP contribution in [0.15, 0.2) is 0 Å². The normalized spacial score (nSPS) is 12.6. The number of aliphatic hydroxyl groups excluding tert-OH is 1. The van der Waals surface area contributed by atoms with Crippen LogP contribution in [0.3, 0.4) is 0 Å². The van der Waals surface area contributed by atoms with Crippen LogP contribution in [-0.4, -0.2) is 24.2 Å². The minimum Gasteiger partial charge on any atom is -0.396 e. The Morgan fingerprint density at radius 2 is 2.25 bits per heavy atom. The van der Waals surface area contributed by atoms with Crippen molar-refractivity contribution in [2.75, 3.05) is 13.2 Å². The van der Waals surface area contributed by atoms with Gasteiger partial charge in [0.1, 0.15) is 0 Å². The van der Waals surface area contributed by atoms with Crippen LogP contribution in [0.2, 0.25) is 0 Å². The van der Waals surface area contributed by atoms with Gasteiger partial charge in [0.15, 0.2) is 0 Å². The number of hydrogen-bond acceptors (Lipinski definition) is 2. The van der Waals surface area contributed by atoms with E-state index in [-0.39, 0.29) is 18.4 Å². The molecule has 0 heterocycles. The second kappa shape index (κ2) is 7.10. The van der Waals surface area contributed by atoms with Gasteiger partial charge in [-0.05, 0) is 12.8 Å². The van der Waals surface area contributed by atoms with Crippen LogP contribution in [0.4, 0.5) is 0 Å². The highest BCUT2D eigenvalue weighted by Crippen LogP contribution is 1.99. The molecule has 12 heavy (non-hydrogen) atoms. The van der Waals surface area contributed by atoms with Crippen LogP contribution in [0.1, 0.15) is 33.1 Å². The van der Waals surface area contributed by atoms with Crippen molar-refractivity contribution in [2.45, 2.75) is 33.1 Å². The average Bonchev–Trinajstić information content (AvgIpc) is 2.05. The number of amides is 1. The van der Waals surface area contributed by atoms with Gasteiger partial charge in [-0.1, -0.05) is 20.3 Å². The Bertz CT molecular complexity index is 126. The molecule has 0 aliphatic rings. The molecule has 1 amide bonds. The van der Waals surface area contributed by atoms with Crippen LogP contribution in [0.25, 0.3) is 0 Å². The van der Waals surface area contributed by atoms with Crippen molar-refractivity contribution in [2.24, 2.45) is 5.92 Å². The number of carbonyl (C=O) groups excluding carboxylic acids is 1. The highest BCUT2D eigenvalue weighted by atomic mass is 16.3. The summed E-state index contributed by atoms with van der Waals surface area (Å²) in [6.07, 6.45) is 2.67. The van der Waals surface area contributed by atoms with E-state index in [0.29, 0.717) is 6.42 Å². The number of unbranched alkanes of at least 4 members (excludes halogenated alkanes) is 1. The Hall–Kier alpha value is -0.570. The molecule has 3 nitrogen and oxygen atoms in total. The van der Waals surface area contributed by atoms with Gasteiger partial charge in [-0.3, -0.25) is 4.79 Å². The lowest BCUT2D eigenvalue weighted by molar-refractivity contribution is -0.124. The molecule has 1 unspecified atom stereocenters. The van der Waals surface area contributed by atoms with E-state index < -0.39 is 0 Å². The van der Waals surface area contributed by atoms with E-state index in [9.17, 15) is 4.79 Å². The van der Waals surface area contributed by atoms with E-state index in [1.54, 1.807) is 0 Å². The fourth-order valence-electron chi connectivity index (χ4n) is 0.887. The smallest absolute Gasteiger partial charge is 0.222 e. The predicted molar refractivity (Wildman–Crippen MR) is 48.8 cm³/mol. The summed E-state index contributed by atoms with van der Waals surface area (Å²) in [5.41, 5.74) is 0. The largest absolute Gasteiger partial charge is 0.396 e. The van der Waals surface area contributed by atoms with E-state index >= 15 is 0 Å². The molecule has 0 aromatic rings. The average molecular weight is 173 g/mol. The lowest BCUT2D eigenvalue weighted by Gasteiger charge is -2.09. The molecule has 1 atom stereocenters. The molecule has 0 bridgehead atoms. The Morgan fingerprint density at radius 3 is 2.75 bits per heavy atom. The van der Waals surface area contributed by atoms with Crippen molar-refractivity contribution in [3.05, 3.63) is 0 Å². The van der Waals surface area contributed by atoms with Gasteiger partial charge in [0.05, 0.1) is 0 Å². The molecule has 0 spiro atoms. The van der Waals surface area contributed by atoms with Crippen molar-refractivity contribution in [3.63, 3.8) is 0 Å². The number of nitrogens with one attached hydrogen (secondary N) is 1. The Balaban J connectivity index is 3.43. The molecule has 0 saturated carbocycles. The third kappa shape index (κ3) is 5.13. The van der Waals surface area contributed by atoms with E-state index in [2.05, 4.69) is 12.2 Å². The van der Waals surface area contributed by atoms with Crippen LogP contribution >= 0.6 is 0 Å². The van der Waals surface area contributed by atoms with Gasteiger partial charge in [0.2, 0.25) is 5.91 Å². The Kier molecular flexibility index (Phi) is 6.76. The molecular formula is C9H19NO2. The maximum absolute atomic E-state index is 11.2. The minimum atomic E-state index is -0.0631. The second-order valence-corrected chi connectivity index (χ2v) is 3.06. The lowest BCUT2D eigenvalue weighted by atomic mass is 10.1. The van der Waals surface area contributed by atoms with Crippen molar-refractivity contribution < 1.29 is 9.90 Å². The van der Waals surface area contributed by atoms with Crippen LogP contribution in [0, 0.1) is 5.92 Å². The third-order valence-corrected chi connectivity index (χ3v) is 1.84. The SMILES string of the molecule is CCCCNC(=O)C(C)CCO. The highest BCUT2D eigenvalue weighted by Gasteiger charge is 2.10. The van der Waals surface area contributed by atoms with Crippen molar-refractivity contribution in [3.8, 4) is 0 Å². The first-order chi connectivity index (χ1) is 5.72. The number of rotatable bonds is 6. The van der Waals surface area contributed by atoms with Crippen molar-refractivity contribution >= 4 is 5.91 Å². The summed E-state index contributed by atoms with van der Waals surface area (Å²) in [6, 6.07) is 0. The monoisotopic (exact) mass is 173 g/mol. The standard InChI is InChI=1S/C9H19NO2/c1-3-4-6-10-9(12)8(2)5-7-11/h8,11H,3-7H2,1-2H3,(H,10,12). The van der Waals surface area contributed by atoms with Gasteiger partial charge in [-0.25, -0.2) is 0 Å². The molecule has 0 radical (unpaired) electrons. The Labute approximate surface area is 74.2 Å². The van der Waals surface area contributed by atoms with Gasteiger partial charge in [0.25, 0.3) is 0 Å². The maximum atomic E-state index is 11.2. The molecular weight excluding hydrogens is 154 g/mol. The summed E-state index contributed by atoms with van der Waals surface area (Å²) < 4.78 is 0. The second-order valence-electron chi connectivity index (χ2n) is 3.06.